The number of rotatable bonds is 2. The van der Waals surface area contributed by atoms with Crippen LogP contribution in [0.15, 0.2) is 29.0 Å². The second kappa shape index (κ2) is 4.25. The second-order valence-corrected chi connectivity index (χ2v) is 4.33. The van der Waals surface area contributed by atoms with Gasteiger partial charge in [0.1, 0.15) is 0 Å². The molecule has 5 heteroatoms. The van der Waals surface area contributed by atoms with Gasteiger partial charge in [-0.3, -0.25) is 4.98 Å². The van der Waals surface area contributed by atoms with E-state index < -0.39 is 0 Å². The van der Waals surface area contributed by atoms with Gasteiger partial charge in [0, 0.05) is 44.2 Å². The monoisotopic (exact) mass is 230 g/mol. The Morgan fingerprint density at radius 2 is 2.24 bits per heavy atom. The Morgan fingerprint density at radius 3 is 2.94 bits per heavy atom. The molecule has 5 nitrogen and oxygen atoms in total. The Labute approximate surface area is 99.3 Å². The summed E-state index contributed by atoms with van der Waals surface area (Å²) >= 11 is 0. The Balaban J connectivity index is 1.90. The lowest BCUT2D eigenvalue weighted by Gasteiger charge is -2.14. The van der Waals surface area contributed by atoms with Crippen LogP contribution >= 0.6 is 0 Å². The molecule has 1 saturated heterocycles. The van der Waals surface area contributed by atoms with Gasteiger partial charge in [0.15, 0.2) is 5.82 Å². The zero-order valence-corrected chi connectivity index (χ0v) is 9.63. The van der Waals surface area contributed by atoms with Crippen LogP contribution in [0.1, 0.15) is 29.1 Å². The van der Waals surface area contributed by atoms with Crippen LogP contribution in [-0.4, -0.2) is 28.2 Å². The lowest BCUT2D eigenvalue weighted by atomic mass is 9.89. The molecular weight excluding hydrogens is 216 g/mol. The molecule has 17 heavy (non-hydrogen) atoms. The van der Waals surface area contributed by atoms with Crippen LogP contribution in [0.3, 0.4) is 0 Å². The molecular formula is C12H14N4O. The van der Waals surface area contributed by atoms with E-state index >= 15 is 0 Å². The fourth-order valence-corrected chi connectivity index (χ4v) is 2.36. The van der Waals surface area contributed by atoms with E-state index in [0.29, 0.717) is 11.8 Å². The molecule has 0 amide bonds. The van der Waals surface area contributed by atoms with E-state index in [-0.39, 0.29) is 5.92 Å². The van der Waals surface area contributed by atoms with Crippen molar-refractivity contribution in [2.75, 3.05) is 13.1 Å². The third kappa shape index (κ3) is 1.93. The third-order valence-electron chi connectivity index (χ3n) is 3.20. The van der Waals surface area contributed by atoms with Crippen LogP contribution in [0.5, 0.6) is 0 Å². The van der Waals surface area contributed by atoms with Crippen molar-refractivity contribution in [1.82, 2.24) is 20.4 Å². The molecule has 1 N–H and O–H groups in total. The highest BCUT2D eigenvalue weighted by Gasteiger charge is 2.33. The van der Waals surface area contributed by atoms with E-state index in [1.807, 2.05) is 19.2 Å². The first-order valence-electron chi connectivity index (χ1n) is 5.75. The molecule has 1 aliphatic heterocycles. The van der Waals surface area contributed by atoms with Crippen molar-refractivity contribution in [2.45, 2.75) is 18.8 Å². The molecule has 0 spiro atoms. The first-order chi connectivity index (χ1) is 8.34. The lowest BCUT2D eigenvalue weighted by Crippen LogP contribution is -2.10. The first-order valence-corrected chi connectivity index (χ1v) is 5.75. The van der Waals surface area contributed by atoms with Gasteiger partial charge in [0.2, 0.25) is 5.89 Å². The standard InChI is InChI=1S/C12H14N4O/c1-8-15-12(16-17-8)11-7-14-6-10(11)9-3-2-4-13-5-9/h2-5,10-11,14H,6-7H2,1H3/t10-,11+/m1/s1. The Kier molecular flexibility index (Phi) is 2.60. The molecule has 0 aromatic carbocycles. The molecule has 0 unspecified atom stereocenters. The molecule has 3 heterocycles. The van der Waals surface area contributed by atoms with Gasteiger partial charge in [0.25, 0.3) is 0 Å². The number of nitrogens with one attached hydrogen (secondary N) is 1. The summed E-state index contributed by atoms with van der Waals surface area (Å²) in [4.78, 5) is 8.50. The highest BCUT2D eigenvalue weighted by atomic mass is 16.5. The largest absolute Gasteiger partial charge is 0.340 e. The summed E-state index contributed by atoms with van der Waals surface area (Å²) in [6, 6.07) is 4.07. The average molecular weight is 230 g/mol. The van der Waals surface area contributed by atoms with Gasteiger partial charge in [0.05, 0.1) is 0 Å². The molecule has 1 aliphatic rings. The highest BCUT2D eigenvalue weighted by Crippen LogP contribution is 2.33. The maximum atomic E-state index is 5.06. The Hall–Kier alpha value is -1.75. The minimum atomic E-state index is 0.275. The van der Waals surface area contributed by atoms with Crippen molar-refractivity contribution in [3.8, 4) is 0 Å². The number of aromatic nitrogens is 3. The maximum absolute atomic E-state index is 5.06. The zero-order chi connectivity index (χ0) is 11.7. The van der Waals surface area contributed by atoms with Crippen molar-refractivity contribution in [3.63, 3.8) is 0 Å². The van der Waals surface area contributed by atoms with E-state index in [4.69, 9.17) is 4.52 Å². The number of hydrogen-bond acceptors (Lipinski definition) is 5. The van der Waals surface area contributed by atoms with E-state index in [2.05, 4.69) is 26.5 Å². The smallest absolute Gasteiger partial charge is 0.223 e. The van der Waals surface area contributed by atoms with Crippen LogP contribution in [-0.2, 0) is 0 Å². The molecule has 2 atom stereocenters. The van der Waals surface area contributed by atoms with Crippen LogP contribution in [0, 0.1) is 6.92 Å². The van der Waals surface area contributed by atoms with Gasteiger partial charge >= 0.3 is 0 Å². The maximum Gasteiger partial charge on any atom is 0.223 e. The number of pyridine rings is 1. The van der Waals surface area contributed by atoms with E-state index in [9.17, 15) is 0 Å². The Bertz CT molecular complexity index is 496. The first kappa shape index (κ1) is 10.4. The van der Waals surface area contributed by atoms with E-state index in [0.717, 1.165) is 18.9 Å². The molecule has 0 radical (unpaired) electrons. The quantitative estimate of drug-likeness (QED) is 0.841. The summed E-state index contributed by atoms with van der Waals surface area (Å²) in [6.07, 6.45) is 3.71. The predicted octanol–water partition coefficient (Wildman–Crippen LogP) is 1.24. The molecule has 2 aromatic heterocycles. The fraction of sp³-hybridized carbons (Fsp3) is 0.417. The molecule has 1 fully saturated rings. The van der Waals surface area contributed by atoms with Crippen LogP contribution in [0.25, 0.3) is 0 Å². The fourth-order valence-electron chi connectivity index (χ4n) is 2.36. The molecule has 2 aromatic rings. The van der Waals surface area contributed by atoms with Crippen LogP contribution in [0.4, 0.5) is 0 Å². The van der Waals surface area contributed by atoms with Gasteiger partial charge in [-0.25, -0.2) is 0 Å². The number of hydrogen-bond donors (Lipinski definition) is 1. The summed E-state index contributed by atoms with van der Waals surface area (Å²) in [5, 5.41) is 7.41. The van der Waals surface area contributed by atoms with Crippen molar-refractivity contribution in [2.24, 2.45) is 0 Å². The lowest BCUT2D eigenvalue weighted by molar-refractivity contribution is 0.382. The SMILES string of the molecule is Cc1nc([C@H]2CNC[C@@H]2c2cccnc2)no1. The minimum absolute atomic E-state index is 0.275. The predicted molar refractivity (Wildman–Crippen MR) is 61.6 cm³/mol. The van der Waals surface area contributed by atoms with Crippen molar-refractivity contribution < 1.29 is 4.52 Å². The summed E-state index contributed by atoms with van der Waals surface area (Å²) in [6.45, 7) is 3.64. The minimum Gasteiger partial charge on any atom is -0.340 e. The van der Waals surface area contributed by atoms with Crippen LogP contribution < -0.4 is 5.32 Å². The highest BCUT2D eigenvalue weighted by molar-refractivity contribution is 5.23. The van der Waals surface area contributed by atoms with Gasteiger partial charge in [-0.1, -0.05) is 11.2 Å². The van der Waals surface area contributed by atoms with Crippen molar-refractivity contribution in [3.05, 3.63) is 41.8 Å². The van der Waals surface area contributed by atoms with Crippen molar-refractivity contribution in [1.29, 1.82) is 0 Å². The molecule has 3 rings (SSSR count). The number of nitrogens with zero attached hydrogens (tertiary/aromatic N) is 3. The summed E-state index contributed by atoms with van der Waals surface area (Å²) in [7, 11) is 0. The molecule has 0 saturated carbocycles. The molecule has 0 bridgehead atoms. The van der Waals surface area contributed by atoms with Gasteiger partial charge in [-0.15, -0.1) is 0 Å². The van der Waals surface area contributed by atoms with Gasteiger partial charge in [-0.05, 0) is 11.6 Å². The molecule has 0 aliphatic carbocycles. The van der Waals surface area contributed by atoms with E-state index in [1.165, 1.54) is 5.56 Å². The average Bonchev–Trinajstić information content (AvgIpc) is 2.98. The van der Waals surface area contributed by atoms with Gasteiger partial charge < -0.3 is 9.84 Å². The second-order valence-electron chi connectivity index (χ2n) is 4.33. The van der Waals surface area contributed by atoms with Crippen LogP contribution in [0.2, 0.25) is 0 Å². The zero-order valence-electron chi connectivity index (χ0n) is 9.63. The van der Waals surface area contributed by atoms with Crippen molar-refractivity contribution >= 4 is 0 Å². The van der Waals surface area contributed by atoms with E-state index in [1.54, 1.807) is 6.20 Å². The summed E-state index contributed by atoms with van der Waals surface area (Å²) in [5.41, 5.74) is 1.23. The third-order valence-corrected chi connectivity index (χ3v) is 3.20. The van der Waals surface area contributed by atoms with Gasteiger partial charge in [-0.2, -0.15) is 4.98 Å². The Morgan fingerprint density at radius 1 is 1.35 bits per heavy atom. The molecule has 88 valence electrons. The summed E-state index contributed by atoms with van der Waals surface area (Å²) in [5.74, 6) is 2.07. The summed E-state index contributed by atoms with van der Waals surface area (Å²) < 4.78 is 5.06. The number of aryl methyl sites for hydroxylation is 1. The topological polar surface area (TPSA) is 63.8 Å². The normalized spacial score (nSPS) is 24.1.